The molecular formula is C20H23NO3. The number of benzene rings is 2. The molecule has 126 valence electrons. The molecule has 1 aliphatic carbocycles. The lowest BCUT2D eigenvalue weighted by Gasteiger charge is -2.42. The third-order valence-electron chi connectivity index (χ3n) is 5.35. The first-order chi connectivity index (χ1) is 11.6. The summed E-state index contributed by atoms with van der Waals surface area (Å²) >= 11 is 0. The van der Waals surface area contributed by atoms with Crippen molar-refractivity contribution in [1.82, 2.24) is 4.90 Å². The summed E-state index contributed by atoms with van der Waals surface area (Å²) in [4.78, 5) is 2.55. The van der Waals surface area contributed by atoms with Crippen LogP contribution in [-0.4, -0.2) is 35.3 Å². The minimum Gasteiger partial charge on any atom is -0.504 e. The first kappa shape index (κ1) is 15.3. The Morgan fingerprint density at radius 2 is 2.04 bits per heavy atom. The Morgan fingerprint density at radius 3 is 2.79 bits per heavy atom. The van der Waals surface area contributed by atoms with Crippen molar-refractivity contribution in [3.63, 3.8) is 0 Å². The number of nitrogens with zero attached hydrogens (tertiary/aromatic N) is 1. The minimum atomic E-state index is -0.0648. The number of aromatic hydroxyl groups is 2. The van der Waals surface area contributed by atoms with E-state index in [-0.39, 0.29) is 11.5 Å². The predicted octanol–water partition coefficient (Wildman–Crippen LogP) is 3.64. The summed E-state index contributed by atoms with van der Waals surface area (Å²) in [6.07, 6.45) is 2.99. The maximum atomic E-state index is 10.5. The molecule has 2 aromatic carbocycles. The monoisotopic (exact) mass is 325 g/mol. The number of ether oxygens (including phenoxy) is 1. The van der Waals surface area contributed by atoms with Gasteiger partial charge in [0.25, 0.3) is 0 Å². The van der Waals surface area contributed by atoms with E-state index in [1.54, 1.807) is 13.2 Å². The van der Waals surface area contributed by atoms with Gasteiger partial charge < -0.3 is 14.9 Å². The molecule has 2 N–H and O–H groups in total. The highest BCUT2D eigenvalue weighted by Gasteiger charge is 2.36. The Labute approximate surface area is 142 Å². The van der Waals surface area contributed by atoms with E-state index < -0.39 is 0 Å². The number of phenolic OH excluding ortho intramolecular Hbond substituents is 2. The number of fused-ring (bicyclic) bond motifs is 2. The third kappa shape index (κ3) is 2.17. The van der Waals surface area contributed by atoms with Crippen LogP contribution in [0.2, 0.25) is 0 Å². The molecule has 4 nitrogen and oxygen atoms in total. The fraction of sp³-hybridized carbons (Fsp3) is 0.400. The summed E-state index contributed by atoms with van der Waals surface area (Å²) in [7, 11) is 1.67. The average Bonchev–Trinajstić information content (AvgIpc) is 2.60. The van der Waals surface area contributed by atoms with E-state index in [9.17, 15) is 10.2 Å². The quantitative estimate of drug-likeness (QED) is 0.846. The van der Waals surface area contributed by atoms with E-state index in [1.807, 2.05) is 12.1 Å². The van der Waals surface area contributed by atoms with Crippen LogP contribution in [0, 0.1) is 0 Å². The molecule has 0 amide bonds. The molecule has 0 fully saturated rings. The van der Waals surface area contributed by atoms with Gasteiger partial charge in [-0.2, -0.15) is 0 Å². The topological polar surface area (TPSA) is 52.9 Å². The van der Waals surface area contributed by atoms with E-state index in [2.05, 4.69) is 17.9 Å². The van der Waals surface area contributed by atoms with Gasteiger partial charge in [0.05, 0.1) is 7.11 Å². The number of methoxy groups -OCH3 is 1. The van der Waals surface area contributed by atoms with Crippen molar-refractivity contribution in [1.29, 1.82) is 0 Å². The molecule has 2 aromatic rings. The van der Waals surface area contributed by atoms with Crippen LogP contribution >= 0.6 is 0 Å². The van der Waals surface area contributed by atoms with Crippen LogP contribution in [0.15, 0.2) is 24.3 Å². The van der Waals surface area contributed by atoms with Gasteiger partial charge >= 0.3 is 0 Å². The van der Waals surface area contributed by atoms with E-state index in [0.29, 0.717) is 6.04 Å². The van der Waals surface area contributed by atoms with Crippen LogP contribution in [0.5, 0.6) is 17.2 Å². The molecule has 1 unspecified atom stereocenters. The van der Waals surface area contributed by atoms with E-state index in [4.69, 9.17) is 4.74 Å². The zero-order valence-electron chi connectivity index (χ0n) is 14.2. The van der Waals surface area contributed by atoms with Crippen LogP contribution in [-0.2, 0) is 12.8 Å². The van der Waals surface area contributed by atoms with Crippen molar-refractivity contribution in [2.75, 3.05) is 20.2 Å². The van der Waals surface area contributed by atoms with Gasteiger partial charge in [0.1, 0.15) is 5.75 Å². The van der Waals surface area contributed by atoms with E-state index in [0.717, 1.165) is 54.8 Å². The Kier molecular flexibility index (Phi) is 3.65. The molecule has 1 heterocycles. The molecule has 2 aliphatic rings. The second-order valence-corrected chi connectivity index (χ2v) is 6.72. The SMILES string of the molecule is CCCN1CCc2cc(OC)cc3c2C1Cc1ccc(O)c(O)c1-3. The van der Waals surface area contributed by atoms with Gasteiger partial charge in [-0.3, -0.25) is 4.90 Å². The molecule has 24 heavy (non-hydrogen) atoms. The summed E-state index contributed by atoms with van der Waals surface area (Å²) in [5.74, 6) is 0.723. The second kappa shape index (κ2) is 5.71. The number of rotatable bonds is 3. The Morgan fingerprint density at radius 1 is 1.21 bits per heavy atom. The average molecular weight is 325 g/mol. The first-order valence-corrected chi connectivity index (χ1v) is 8.63. The van der Waals surface area contributed by atoms with Crippen molar-refractivity contribution in [2.24, 2.45) is 0 Å². The Hall–Kier alpha value is -2.20. The lowest BCUT2D eigenvalue weighted by molar-refractivity contribution is 0.182. The smallest absolute Gasteiger partial charge is 0.165 e. The maximum absolute atomic E-state index is 10.5. The molecule has 0 spiro atoms. The Balaban J connectivity index is 1.98. The van der Waals surface area contributed by atoms with Gasteiger partial charge in [-0.05, 0) is 66.3 Å². The zero-order chi connectivity index (χ0) is 16.8. The minimum absolute atomic E-state index is 0.0194. The lowest BCUT2D eigenvalue weighted by atomic mass is 9.76. The fourth-order valence-electron chi connectivity index (χ4n) is 4.30. The van der Waals surface area contributed by atoms with E-state index in [1.165, 1.54) is 11.1 Å². The highest BCUT2D eigenvalue weighted by atomic mass is 16.5. The Bertz CT molecular complexity index is 800. The van der Waals surface area contributed by atoms with Crippen molar-refractivity contribution in [2.45, 2.75) is 32.2 Å². The van der Waals surface area contributed by atoms with Gasteiger partial charge in [-0.25, -0.2) is 0 Å². The van der Waals surface area contributed by atoms with Gasteiger partial charge in [0.15, 0.2) is 11.5 Å². The number of phenols is 2. The highest BCUT2D eigenvalue weighted by Crippen LogP contribution is 2.51. The summed E-state index contributed by atoms with van der Waals surface area (Å²) < 4.78 is 5.48. The largest absolute Gasteiger partial charge is 0.504 e. The van der Waals surface area contributed by atoms with Crippen LogP contribution in [0.1, 0.15) is 36.1 Å². The zero-order valence-corrected chi connectivity index (χ0v) is 14.2. The molecule has 0 aromatic heterocycles. The highest BCUT2D eigenvalue weighted by molar-refractivity contribution is 5.83. The third-order valence-corrected chi connectivity index (χ3v) is 5.35. The van der Waals surface area contributed by atoms with Crippen molar-refractivity contribution < 1.29 is 14.9 Å². The van der Waals surface area contributed by atoms with Crippen molar-refractivity contribution >= 4 is 0 Å². The molecular weight excluding hydrogens is 302 g/mol. The molecule has 1 aliphatic heterocycles. The van der Waals surface area contributed by atoms with Crippen LogP contribution in [0.4, 0.5) is 0 Å². The molecule has 0 radical (unpaired) electrons. The molecule has 0 bridgehead atoms. The van der Waals surface area contributed by atoms with Gasteiger partial charge in [0.2, 0.25) is 0 Å². The standard InChI is InChI=1S/C20H23NO3/c1-3-7-21-8-6-13-9-14(24-2)11-15-18(13)16(21)10-12-4-5-17(22)20(23)19(12)15/h4-5,9,11,16,22-23H,3,6-8,10H2,1-2H3. The summed E-state index contributed by atoms with van der Waals surface area (Å²) in [6, 6.07) is 7.99. The molecule has 1 atom stereocenters. The first-order valence-electron chi connectivity index (χ1n) is 8.63. The van der Waals surface area contributed by atoms with Crippen LogP contribution < -0.4 is 4.74 Å². The van der Waals surface area contributed by atoms with Gasteiger partial charge in [0, 0.05) is 18.2 Å². The fourth-order valence-corrected chi connectivity index (χ4v) is 4.30. The number of hydrogen-bond donors (Lipinski definition) is 2. The van der Waals surface area contributed by atoms with Crippen molar-refractivity contribution in [3.8, 4) is 28.4 Å². The van der Waals surface area contributed by atoms with Crippen LogP contribution in [0.25, 0.3) is 11.1 Å². The van der Waals surface area contributed by atoms with Gasteiger partial charge in [-0.1, -0.05) is 13.0 Å². The maximum Gasteiger partial charge on any atom is 0.165 e. The molecule has 4 heteroatoms. The molecule has 0 saturated carbocycles. The molecule has 0 saturated heterocycles. The lowest BCUT2D eigenvalue weighted by Crippen LogP contribution is -2.38. The number of hydrogen-bond acceptors (Lipinski definition) is 4. The predicted molar refractivity (Wildman–Crippen MR) is 93.8 cm³/mol. The van der Waals surface area contributed by atoms with E-state index >= 15 is 0 Å². The molecule has 4 rings (SSSR count). The normalized spacial score (nSPS) is 18.8. The summed E-state index contributed by atoms with van der Waals surface area (Å²) in [6.45, 7) is 4.34. The van der Waals surface area contributed by atoms with Crippen molar-refractivity contribution in [3.05, 3.63) is 41.0 Å². The summed E-state index contributed by atoms with van der Waals surface area (Å²) in [5.41, 5.74) is 5.45. The summed E-state index contributed by atoms with van der Waals surface area (Å²) in [5, 5.41) is 20.5. The van der Waals surface area contributed by atoms with Crippen LogP contribution in [0.3, 0.4) is 0 Å². The second-order valence-electron chi connectivity index (χ2n) is 6.72. The van der Waals surface area contributed by atoms with Gasteiger partial charge in [-0.15, -0.1) is 0 Å².